The minimum absolute atomic E-state index is 0.0149. The zero-order valence-corrected chi connectivity index (χ0v) is 15.3. The summed E-state index contributed by atoms with van der Waals surface area (Å²) in [5.41, 5.74) is -0.178. The van der Waals surface area contributed by atoms with Crippen LogP contribution in [0, 0.1) is 5.92 Å². The molecule has 0 aliphatic carbocycles. The SMILES string of the molecule is C=C1NC(=O)N[C@H](c2cccc(OC)c2)[C@H]1C(=O)Nc1cccc(C(F)(F)F)c1. The summed E-state index contributed by atoms with van der Waals surface area (Å²) in [6, 6.07) is 9.77. The van der Waals surface area contributed by atoms with Crippen molar-refractivity contribution in [3.8, 4) is 5.75 Å². The highest BCUT2D eigenvalue weighted by Gasteiger charge is 2.38. The largest absolute Gasteiger partial charge is 0.497 e. The fraction of sp³-hybridized carbons (Fsp3) is 0.200. The lowest BCUT2D eigenvalue weighted by atomic mass is 9.88. The number of urea groups is 1. The van der Waals surface area contributed by atoms with Gasteiger partial charge in [0, 0.05) is 11.4 Å². The highest BCUT2D eigenvalue weighted by Crippen LogP contribution is 2.33. The minimum atomic E-state index is -4.53. The van der Waals surface area contributed by atoms with E-state index in [0.717, 1.165) is 12.1 Å². The van der Waals surface area contributed by atoms with Gasteiger partial charge in [0.05, 0.1) is 18.7 Å². The first-order chi connectivity index (χ1) is 13.7. The Bertz CT molecular complexity index is 959. The van der Waals surface area contributed by atoms with Crippen LogP contribution in [0.3, 0.4) is 0 Å². The molecular formula is C20H18F3N3O3. The number of hydrogen-bond donors (Lipinski definition) is 3. The lowest BCUT2D eigenvalue weighted by Gasteiger charge is -2.34. The number of methoxy groups -OCH3 is 1. The van der Waals surface area contributed by atoms with E-state index in [9.17, 15) is 22.8 Å². The van der Waals surface area contributed by atoms with Crippen molar-refractivity contribution >= 4 is 17.6 Å². The third-order valence-corrected chi connectivity index (χ3v) is 4.46. The quantitative estimate of drug-likeness (QED) is 0.723. The summed E-state index contributed by atoms with van der Waals surface area (Å²) >= 11 is 0. The van der Waals surface area contributed by atoms with Crippen LogP contribution in [-0.2, 0) is 11.0 Å². The minimum Gasteiger partial charge on any atom is -0.497 e. The van der Waals surface area contributed by atoms with E-state index >= 15 is 0 Å². The number of nitrogens with one attached hydrogen (secondary N) is 3. The van der Waals surface area contributed by atoms with Crippen molar-refractivity contribution in [3.05, 3.63) is 71.9 Å². The summed E-state index contributed by atoms with van der Waals surface area (Å²) in [5.74, 6) is -1.05. The molecule has 0 spiro atoms. The molecule has 0 aromatic heterocycles. The molecule has 152 valence electrons. The van der Waals surface area contributed by atoms with E-state index in [1.807, 2.05) is 0 Å². The fourth-order valence-electron chi connectivity index (χ4n) is 3.10. The molecule has 9 heteroatoms. The van der Waals surface area contributed by atoms with E-state index in [4.69, 9.17) is 4.74 Å². The first-order valence-corrected chi connectivity index (χ1v) is 8.57. The maximum absolute atomic E-state index is 12.9. The van der Waals surface area contributed by atoms with E-state index < -0.39 is 35.6 Å². The van der Waals surface area contributed by atoms with Crippen LogP contribution in [0.1, 0.15) is 17.2 Å². The summed E-state index contributed by atoms with van der Waals surface area (Å²) < 4.78 is 43.9. The molecule has 2 atom stereocenters. The Morgan fingerprint density at radius 3 is 2.59 bits per heavy atom. The predicted octanol–water partition coefficient (Wildman–Crippen LogP) is 3.84. The summed E-state index contributed by atoms with van der Waals surface area (Å²) in [6.45, 7) is 3.74. The zero-order valence-electron chi connectivity index (χ0n) is 15.3. The van der Waals surface area contributed by atoms with Crippen molar-refractivity contribution in [1.29, 1.82) is 0 Å². The Morgan fingerprint density at radius 2 is 1.90 bits per heavy atom. The van der Waals surface area contributed by atoms with Gasteiger partial charge in [0.15, 0.2) is 0 Å². The second-order valence-electron chi connectivity index (χ2n) is 6.42. The normalized spacial score (nSPS) is 19.2. The smallest absolute Gasteiger partial charge is 0.416 e. The Kier molecular flexibility index (Phi) is 5.49. The van der Waals surface area contributed by atoms with E-state index in [1.165, 1.54) is 19.2 Å². The maximum Gasteiger partial charge on any atom is 0.416 e. The number of halogens is 3. The number of hydrogen-bond acceptors (Lipinski definition) is 3. The van der Waals surface area contributed by atoms with Crippen molar-refractivity contribution in [2.45, 2.75) is 12.2 Å². The third kappa shape index (κ3) is 4.50. The van der Waals surface area contributed by atoms with Crippen LogP contribution in [0.5, 0.6) is 5.75 Å². The highest BCUT2D eigenvalue weighted by molar-refractivity contribution is 5.97. The van der Waals surface area contributed by atoms with Crippen LogP contribution >= 0.6 is 0 Å². The molecule has 1 fully saturated rings. The predicted molar refractivity (Wildman–Crippen MR) is 100 cm³/mol. The van der Waals surface area contributed by atoms with Gasteiger partial charge in [0.2, 0.25) is 5.91 Å². The van der Waals surface area contributed by atoms with Gasteiger partial charge in [-0.2, -0.15) is 13.2 Å². The van der Waals surface area contributed by atoms with Crippen LogP contribution in [0.15, 0.2) is 60.8 Å². The first kappa shape index (κ1) is 20.2. The fourth-order valence-corrected chi connectivity index (χ4v) is 3.10. The van der Waals surface area contributed by atoms with E-state index in [-0.39, 0.29) is 11.4 Å². The average molecular weight is 405 g/mol. The molecule has 3 N–H and O–H groups in total. The Labute approximate surface area is 164 Å². The molecule has 1 saturated heterocycles. The molecule has 0 unspecified atom stereocenters. The molecule has 29 heavy (non-hydrogen) atoms. The van der Waals surface area contributed by atoms with Gasteiger partial charge in [-0.05, 0) is 35.9 Å². The molecule has 2 aromatic carbocycles. The van der Waals surface area contributed by atoms with Gasteiger partial charge in [-0.15, -0.1) is 0 Å². The number of amides is 3. The van der Waals surface area contributed by atoms with Gasteiger partial charge in [-0.3, -0.25) is 4.79 Å². The highest BCUT2D eigenvalue weighted by atomic mass is 19.4. The molecule has 1 aliphatic rings. The molecule has 0 bridgehead atoms. The standard InChI is InChI=1S/C20H18F3N3O3/c1-11-16(18(27)25-14-7-4-6-13(10-14)20(21,22)23)17(26-19(28)24-11)12-5-3-8-15(9-12)29-2/h3-10,16-17H,1H2,2H3,(H,25,27)(H2,24,26,28)/t16-,17+/m0/s1. The Balaban J connectivity index is 1.90. The first-order valence-electron chi connectivity index (χ1n) is 8.57. The number of anilines is 1. The van der Waals surface area contributed by atoms with Crippen LogP contribution in [-0.4, -0.2) is 19.0 Å². The summed E-state index contributed by atoms with van der Waals surface area (Å²) in [5, 5.41) is 7.58. The number of carbonyl (C=O) groups is 2. The molecule has 1 heterocycles. The third-order valence-electron chi connectivity index (χ3n) is 4.46. The number of carbonyl (C=O) groups excluding carboxylic acids is 2. The summed E-state index contributed by atoms with van der Waals surface area (Å²) in [7, 11) is 1.48. The van der Waals surface area contributed by atoms with Crippen molar-refractivity contribution in [2.24, 2.45) is 5.92 Å². The van der Waals surface area contributed by atoms with Crippen LogP contribution in [0.4, 0.5) is 23.7 Å². The number of rotatable bonds is 4. The lowest BCUT2D eigenvalue weighted by Crippen LogP contribution is -2.51. The molecule has 2 aromatic rings. The Hall–Kier alpha value is -3.49. The molecule has 3 amide bonds. The molecule has 3 rings (SSSR count). The molecule has 0 saturated carbocycles. The van der Waals surface area contributed by atoms with Crippen LogP contribution < -0.4 is 20.7 Å². The number of ether oxygens (including phenoxy) is 1. The van der Waals surface area contributed by atoms with Gasteiger partial charge in [-0.1, -0.05) is 24.8 Å². The van der Waals surface area contributed by atoms with Gasteiger partial charge in [-0.25, -0.2) is 4.79 Å². The van der Waals surface area contributed by atoms with E-state index in [0.29, 0.717) is 11.3 Å². The number of alkyl halides is 3. The number of benzene rings is 2. The van der Waals surface area contributed by atoms with E-state index in [2.05, 4.69) is 22.5 Å². The van der Waals surface area contributed by atoms with Crippen molar-refractivity contribution < 1.29 is 27.5 Å². The monoisotopic (exact) mass is 405 g/mol. The van der Waals surface area contributed by atoms with E-state index in [1.54, 1.807) is 24.3 Å². The average Bonchev–Trinajstić information content (AvgIpc) is 2.66. The molecule has 0 radical (unpaired) electrons. The summed E-state index contributed by atoms with van der Waals surface area (Å²) in [4.78, 5) is 24.8. The van der Waals surface area contributed by atoms with Crippen LogP contribution in [0.2, 0.25) is 0 Å². The molecular weight excluding hydrogens is 387 g/mol. The van der Waals surface area contributed by atoms with Crippen molar-refractivity contribution in [3.63, 3.8) is 0 Å². The molecule has 1 aliphatic heterocycles. The topological polar surface area (TPSA) is 79.5 Å². The Morgan fingerprint density at radius 1 is 1.17 bits per heavy atom. The second kappa shape index (κ2) is 7.86. The summed E-state index contributed by atoms with van der Waals surface area (Å²) in [6.07, 6.45) is -4.53. The van der Waals surface area contributed by atoms with Crippen molar-refractivity contribution in [2.75, 3.05) is 12.4 Å². The second-order valence-corrected chi connectivity index (χ2v) is 6.42. The van der Waals surface area contributed by atoms with Crippen molar-refractivity contribution in [1.82, 2.24) is 10.6 Å². The van der Waals surface area contributed by atoms with Gasteiger partial charge < -0.3 is 20.7 Å². The lowest BCUT2D eigenvalue weighted by molar-refractivity contribution is -0.137. The maximum atomic E-state index is 12.9. The van der Waals surface area contributed by atoms with Gasteiger partial charge in [0.1, 0.15) is 11.7 Å². The van der Waals surface area contributed by atoms with Crippen LogP contribution in [0.25, 0.3) is 0 Å². The zero-order chi connectivity index (χ0) is 21.2. The molecule has 6 nitrogen and oxygen atoms in total. The van der Waals surface area contributed by atoms with Gasteiger partial charge >= 0.3 is 12.2 Å². The van der Waals surface area contributed by atoms with Gasteiger partial charge in [0.25, 0.3) is 0 Å².